The number of amides is 2. The molecule has 0 saturated carbocycles. The Bertz CT molecular complexity index is 1280. The summed E-state index contributed by atoms with van der Waals surface area (Å²) in [5.41, 5.74) is 3.50. The van der Waals surface area contributed by atoms with Crippen LogP contribution in [0.2, 0.25) is 0 Å². The molecule has 35 heavy (non-hydrogen) atoms. The molecule has 8 heteroatoms. The third-order valence-corrected chi connectivity index (χ3v) is 6.95. The molecule has 1 aliphatic rings. The lowest BCUT2D eigenvalue weighted by Gasteiger charge is -2.40. The van der Waals surface area contributed by atoms with E-state index in [2.05, 4.69) is 21.2 Å². The number of ether oxygens (including phenoxy) is 3. The van der Waals surface area contributed by atoms with Crippen molar-refractivity contribution in [1.29, 1.82) is 0 Å². The van der Waals surface area contributed by atoms with Gasteiger partial charge >= 0.3 is 0 Å². The summed E-state index contributed by atoms with van der Waals surface area (Å²) in [7, 11) is 6.34. The molecule has 7 nitrogen and oxygen atoms in total. The normalized spacial score (nSPS) is 17.0. The van der Waals surface area contributed by atoms with Gasteiger partial charge in [-0.25, -0.2) is 0 Å². The summed E-state index contributed by atoms with van der Waals surface area (Å²) in [5, 5.41) is 3.05. The predicted octanol–water partition coefficient (Wildman–Crippen LogP) is 5.33. The zero-order valence-electron chi connectivity index (χ0n) is 20.2. The number of methoxy groups -OCH3 is 3. The lowest BCUT2D eigenvalue weighted by molar-refractivity contribution is -0.119. The molecule has 0 aliphatic carbocycles. The Morgan fingerprint density at radius 3 is 2.20 bits per heavy atom. The monoisotopic (exact) mass is 538 g/mol. The van der Waals surface area contributed by atoms with Crippen LogP contribution in [0.5, 0.6) is 17.2 Å². The number of likely N-dealkylation sites (N-methyl/N-ethyl adjacent to an activating group) is 1. The van der Waals surface area contributed by atoms with Gasteiger partial charge in [0, 0.05) is 17.1 Å². The Kier molecular flexibility index (Phi) is 7.03. The first-order chi connectivity index (χ1) is 16.8. The Labute approximate surface area is 213 Å². The lowest BCUT2D eigenvalue weighted by Crippen LogP contribution is -2.44. The van der Waals surface area contributed by atoms with E-state index in [1.807, 2.05) is 49.4 Å². The quantitative estimate of drug-likeness (QED) is 0.458. The molecule has 2 atom stereocenters. The molecule has 4 rings (SSSR count). The average molecular weight is 539 g/mol. The van der Waals surface area contributed by atoms with Crippen molar-refractivity contribution in [3.63, 3.8) is 0 Å². The van der Waals surface area contributed by atoms with E-state index in [9.17, 15) is 9.59 Å². The van der Waals surface area contributed by atoms with Crippen molar-refractivity contribution >= 4 is 33.4 Å². The molecule has 0 aromatic heterocycles. The molecule has 182 valence electrons. The average Bonchev–Trinajstić information content (AvgIpc) is 2.86. The zero-order valence-corrected chi connectivity index (χ0v) is 21.8. The van der Waals surface area contributed by atoms with Crippen LogP contribution in [0.15, 0.2) is 59.1 Å². The maximum absolute atomic E-state index is 13.9. The maximum atomic E-state index is 13.9. The van der Waals surface area contributed by atoms with Gasteiger partial charge in [-0.15, -0.1) is 0 Å². The fourth-order valence-electron chi connectivity index (χ4n) is 4.48. The summed E-state index contributed by atoms with van der Waals surface area (Å²) in [6, 6.07) is 15.9. The minimum absolute atomic E-state index is 0.206. The van der Waals surface area contributed by atoms with E-state index in [4.69, 9.17) is 14.2 Å². The van der Waals surface area contributed by atoms with Crippen molar-refractivity contribution in [2.24, 2.45) is 0 Å². The van der Waals surface area contributed by atoms with Crippen LogP contribution in [-0.2, 0) is 4.79 Å². The number of anilines is 1. The van der Waals surface area contributed by atoms with Crippen LogP contribution in [0, 0.1) is 6.92 Å². The van der Waals surface area contributed by atoms with Gasteiger partial charge in [0.05, 0.1) is 39.0 Å². The molecule has 0 bridgehead atoms. The Morgan fingerprint density at radius 2 is 1.60 bits per heavy atom. The fraction of sp³-hybridized carbons (Fsp3) is 0.259. The molecule has 0 fully saturated rings. The number of benzene rings is 3. The molecule has 2 amide bonds. The maximum Gasteiger partial charge on any atom is 0.254 e. The second kappa shape index (κ2) is 10.00. The van der Waals surface area contributed by atoms with Crippen molar-refractivity contribution in [1.82, 2.24) is 4.90 Å². The first-order valence-electron chi connectivity index (χ1n) is 11.0. The van der Waals surface area contributed by atoms with Crippen molar-refractivity contribution in [3.8, 4) is 17.2 Å². The number of nitrogens with zero attached hydrogens (tertiary/aromatic N) is 1. The topological polar surface area (TPSA) is 77.1 Å². The summed E-state index contributed by atoms with van der Waals surface area (Å²) in [6.07, 6.45) is 0. The van der Waals surface area contributed by atoms with Gasteiger partial charge < -0.3 is 24.4 Å². The van der Waals surface area contributed by atoms with Gasteiger partial charge in [-0.2, -0.15) is 0 Å². The third kappa shape index (κ3) is 4.58. The highest BCUT2D eigenvalue weighted by Gasteiger charge is 2.43. The molecule has 0 saturated heterocycles. The fourth-order valence-corrected chi connectivity index (χ4v) is 5.07. The van der Waals surface area contributed by atoms with E-state index >= 15 is 0 Å². The van der Waals surface area contributed by atoms with Gasteiger partial charge in [-0.1, -0.05) is 18.2 Å². The molecule has 1 N–H and O–H groups in total. The SMILES string of the molecule is COc1ccc([C@H]2[C@H](C(=O)Nc3ccc(C)cc3Br)c3cc(OC)c(OC)cc3C(=O)N2C)cc1. The van der Waals surface area contributed by atoms with Crippen LogP contribution in [-0.4, -0.2) is 45.1 Å². The molecule has 3 aromatic carbocycles. The minimum atomic E-state index is -0.714. The number of carbonyl (C=O) groups is 2. The standard InChI is InChI=1S/C27H27BrN2O5/c1-15-6-11-21(20(28)12-15)29-26(31)24-18-13-22(34-4)23(35-5)14-19(18)27(32)30(2)25(24)16-7-9-17(33-3)10-8-16/h6-14,24-25H,1-5H3,(H,29,31)/t24-,25+/m1/s1. The van der Waals surface area contributed by atoms with Gasteiger partial charge in [0.1, 0.15) is 5.75 Å². The largest absolute Gasteiger partial charge is 0.497 e. The van der Waals surface area contributed by atoms with Crippen molar-refractivity contribution in [2.75, 3.05) is 33.7 Å². The van der Waals surface area contributed by atoms with Crippen molar-refractivity contribution < 1.29 is 23.8 Å². The zero-order chi connectivity index (χ0) is 25.3. The summed E-state index contributed by atoms with van der Waals surface area (Å²) < 4.78 is 17.0. The molecular formula is C27H27BrN2O5. The Morgan fingerprint density at radius 1 is 0.943 bits per heavy atom. The van der Waals surface area contributed by atoms with Gasteiger partial charge in [0.15, 0.2) is 11.5 Å². The first-order valence-corrected chi connectivity index (χ1v) is 11.8. The van der Waals surface area contributed by atoms with Crippen molar-refractivity contribution in [3.05, 3.63) is 81.3 Å². The number of halogens is 1. The highest BCUT2D eigenvalue weighted by molar-refractivity contribution is 9.10. The smallest absolute Gasteiger partial charge is 0.254 e. The van der Waals surface area contributed by atoms with Crippen LogP contribution < -0.4 is 19.5 Å². The van der Waals surface area contributed by atoms with E-state index in [0.717, 1.165) is 15.6 Å². The van der Waals surface area contributed by atoms with E-state index < -0.39 is 12.0 Å². The number of hydrogen-bond acceptors (Lipinski definition) is 5. The van der Waals surface area contributed by atoms with Gasteiger partial charge in [-0.3, -0.25) is 9.59 Å². The summed E-state index contributed by atoms with van der Waals surface area (Å²) >= 11 is 3.54. The predicted molar refractivity (Wildman–Crippen MR) is 138 cm³/mol. The molecule has 0 unspecified atom stereocenters. The second-order valence-corrected chi connectivity index (χ2v) is 9.23. The molecule has 0 radical (unpaired) electrons. The molecule has 1 aliphatic heterocycles. The minimum Gasteiger partial charge on any atom is -0.497 e. The van der Waals surface area contributed by atoms with Gasteiger partial charge in [0.2, 0.25) is 5.91 Å². The number of hydrogen-bond donors (Lipinski definition) is 1. The van der Waals surface area contributed by atoms with Crippen LogP contribution in [0.25, 0.3) is 0 Å². The van der Waals surface area contributed by atoms with E-state index in [1.54, 1.807) is 31.2 Å². The van der Waals surface area contributed by atoms with Crippen LogP contribution in [0.3, 0.4) is 0 Å². The highest BCUT2D eigenvalue weighted by atomic mass is 79.9. The first kappa shape index (κ1) is 24.6. The number of carbonyl (C=O) groups excluding carboxylic acids is 2. The summed E-state index contributed by atoms with van der Waals surface area (Å²) in [4.78, 5) is 29.0. The third-order valence-electron chi connectivity index (χ3n) is 6.30. The second-order valence-electron chi connectivity index (χ2n) is 8.38. The van der Waals surface area contributed by atoms with Gasteiger partial charge in [0.25, 0.3) is 5.91 Å². The van der Waals surface area contributed by atoms with Crippen LogP contribution >= 0.6 is 15.9 Å². The highest BCUT2D eigenvalue weighted by Crippen LogP contribution is 2.46. The molecule has 0 spiro atoms. The number of fused-ring (bicyclic) bond motifs is 1. The molecule has 3 aromatic rings. The Balaban J connectivity index is 1.87. The number of nitrogens with one attached hydrogen (secondary N) is 1. The van der Waals surface area contributed by atoms with Crippen LogP contribution in [0.1, 0.15) is 39.0 Å². The van der Waals surface area contributed by atoms with Crippen LogP contribution in [0.4, 0.5) is 5.69 Å². The molecular weight excluding hydrogens is 512 g/mol. The van der Waals surface area contributed by atoms with E-state index in [-0.39, 0.29) is 11.8 Å². The summed E-state index contributed by atoms with van der Waals surface area (Å²) in [5.74, 6) is 0.400. The Hall–Kier alpha value is -3.52. The number of aryl methyl sites for hydroxylation is 1. The van der Waals surface area contributed by atoms with E-state index in [0.29, 0.717) is 34.1 Å². The summed E-state index contributed by atoms with van der Waals surface area (Å²) in [6.45, 7) is 1.98. The van der Waals surface area contributed by atoms with Gasteiger partial charge in [-0.05, 0) is 75.9 Å². The number of rotatable bonds is 6. The van der Waals surface area contributed by atoms with Crippen molar-refractivity contribution in [2.45, 2.75) is 18.9 Å². The molecule has 1 heterocycles. The lowest BCUT2D eigenvalue weighted by atomic mass is 9.79. The van der Waals surface area contributed by atoms with E-state index in [1.165, 1.54) is 14.2 Å².